The molecule has 0 amide bonds. The lowest BCUT2D eigenvalue weighted by Gasteiger charge is -2.22. The van der Waals surface area contributed by atoms with Crippen LogP contribution in [0.3, 0.4) is 0 Å². The molecule has 3 aromatic carbocycles. The van der Waals surface area contributed by atoms with Crippen LogP contribution in [0.4, 0.5) is 0 Å². The van der Waals surface area contributed by atoms with E-state index < -0.39 is 13.0 Å². The summed E-state index contributed by atoms with van der Waals surface area (Å²) in [6.45, 7) is 0. The van der Waals surface area contributed by atoms with Gasteiger partial charge in [0.15, 0.2) is 5.78 Å². The van der Waals surface area contributed by atoms with Crippen LogP contribution in [0.15, 0.2) is 91.0 Å². The van der Waals surface area contributed by atoms with Gasteiger partial charge in [-0.1, -0.05) is 78.9 Å². The molecule has 25 heavy (non-hydrogen) atoms. The lowest BCUT2D eigenvalue weighted by molar-refractivity contribution is 0.0983. The topological polar surface area (TPSA) is 54.4 Å². The highest BCUT2D eigenvalue weighted by atomic mass is 31.2. The number of hydrogen-bond acceptors (Lipinski definition) is 2. The lowest BCUT2D eigenvalue weighted by atomic mass is 10.0. The standard InChI is InChI=1S/C21H19O3P/c22-21(18-12-6-2-7-13-18)20(16-17-10-4-1-5-11-17)25(23,24)19-14-8-3-9-15-19/h1-15,20H,16H2,(H,23,24)/t20-/m1/s1. The molecule has 1 N–H and O–H groups in total. The highest BCUT2D eigenvalue weighted by molar-refractivity contribution is 7.67. The van der Waals surface area contributed by atoms with E-state index in [2.05, 4.69) is 0 Å². The van der Waals surface area contributed by atoms with E-state index in [1.54, 1.807) is 54.6 Å². The molecular formula is C21H19O3P. The summed E-state index contributed by atoms with van der Waals surface area (Å²) in [5.74, 6) is -0.306. The molecule has 2 atom stereocenters. The predicted molar refractivity (Wildman–Crippen MR) is 101 cm³/mol. The first-order valence-corrected chi connectivity index (χ1v) is 9.83. The van der Waals surface area contributed by atoms with Gasteiger partial charge in [-0.15, -0.1) is 0 Å². The van der Waals surface area contributed by atoms with Crippen LogP contribution in [-0.2, 0) is 11.0 Å². The summed E-state index contributed by atoms with van der Waals surface area (Å²) >= 11 is 0. The number of Topliss-reactive ketones (excluding diaryl/α,β-unsaturated/α-hetero) is 1. The van der Waals surface area contributed by atoms with Gasteiger partial charge < -0.3 is 4.89 Å². The van der Waals surface area contributed by atoms with E-state index in [-0.39, 0.29) is 12.2 Å². The Morgan fingerprint density at radius 3 is 1.84 bits per heavy atom. The van der Waals surface area contributed by atoms with Gasteiger partial charge in [-0.2, -0.15) is 0 Å². The largest absolute Gasteiger partial charge is 0.341 e. The Hall–Kier alpha value is -2.48. The molecule has 0 heterocycles. The van der Waals surface area contributed by atoms with Gasteiger partial charge in [-0.25, -0.2) is 0 Å². The van der Waals surface area contributed by atoms with Gasteiger partial charge in [-0.05, 0) is 24.1 Å². The van der Waals surface area contributed by atoms with Crippen LogP contribution in [0.25, 0.3) is 0 Å². The first-order chi connectivity index (χ1) is 12.1. The van der Waals surface area contributed by atoms with Crippen molar-refractivity contribution >= 4 is 18.5 Å². The molecule has 0 aliphatic carbocycles. The molecular weight excluding hydrogens is 331 g/mol. The Morgan fingerprint density at radius 1 is 0.800 bits per heavy atom. The number of ketones is 1. The Bertz CT molecular complexity index is 877. The summed E-state index contributed by atoms with van der Waals surface area (Å²) in [6.07, 6.45) is 0.219. The minimum Gasteiger partial charge on any atom is -0.341 e. The van der Waals surface area contributed by atoms with Crippen LogP contribution in [0.5, 0.6) is 0 Å². The van der Waals surface area contributed by atoms with E-state index >= 15 is 0 Å². The van der Waals surface area contributed by atoms with Crippen molar-refractivity contribution in [3.63, 3.8) is 0 Å². The molecule has 0 saturated carbocycles. The Morgan fingerprint density at radius 2 is 1.28 bits per heavy atom. The van der Waals surface area contributed by atoms with Crippen LogP contribution in [0.1, 0.15) is 15.9 Å². The molecule has 0 radical (unpaired) electrons. The van der Waals surface area contributed by atoms with Crippen molar-refractivity contribution in [1.29, 1.82) is 0 Å². The van der Waals surface area contributed by atoms with E-state index in [1.807, 2.05) is 36.4 Å². The average molecular weight is 350 g/mol. The minimum absolute atomic E-state index is 0.219. The van der Waals surface area contributed by atoms with Gasteiger partial charge in [0, 0.05) is 10.9 Å². The molecule has 0 aliphatic rings. The summed E-state index contributed by atoms with van der Waals surface area (Å²) in [7, 11) is -3.89. The van der Waals surface area contributed by atoms with Crippen molar-refractivity contribution in [2.24, 2.45) is 0 Å². The number of hydrogen-bond donors (Lipinski definition) is 1. The molecule has 3 nitrogen and oxygen atoms in total. The Kier molecular flexibility index (Phi) is 5.28. The summed E-state index contributed by atoms with van der Waals surface area (Å²) < 4.78 is 13.3. The van der Waals surface area contributed by atoms with Gasteiger partial charge in [0.05, 0.1) is 0 Å². The molecule has 3 aromatic rings. The van der Waals surface area contributed by atoms with Crippen molar-refractivity contribution in [2.75, 3.05) is 0 Å². The van der Waals surface area contributed by atoms with Gasteiger partial charge in [0.1, 0.15) is 5.66 Å². The van der Waals surface area contributed by atoms with Crippen molar-refractivity contribution in [3.8, 4) is 0 Å². The molecule has 0 aliphatic heterocycles. The maximum Gasteiger partial charge on any atom is 0.240 e. The number of rotatable bonds is 6. The zero-order valence-electron chi connectivity index (χ0n) is 13.7. The van der Waals surface area contributed by atoms with Crippen LogP contribution in [-0.4, -0.2) is 16.3 Å². The third-order valence-electron chi connectivity index (χ3n) is 4.18. The fraction of sp³-hybridized carbons (Fsp3) is 0.0952. The Labute approximate surface area is 147 Å². The second-order valence-corrected chi connectivity index (χ2v) is 8.28. The summed E-state index contributed by atoms with van der Waals surface area (Å²) in [5, 5.41) is 0.306. The molecule has 0 aromatic heterocycles. The third-order valence-corrected chi connectivity index (χ3v) is 6.48. The molecule has 0 fully saturated rings. The molecule has 3 rings (SSSR count). The number of carbonyl (C=O) groups excluding carboxylic acids is 1. The highest BCUT2D eigenvalue weighted by Crippen LogP contribution is 2.47. The van der Waals surface area contributed by atoms with Crippen molar-refractivity contribution < 1.29 is 14.3 Å². The van der Waals surface area contributed by atoms with Gasteiger partial charge in [0.2, 0.25) is 7.37 Å². The first kappa shape index (κ1) is 17.3. The maximum absolute atomic E-state index is 13.3. The van der Waals surface area contributed by atoms with Crippen molar-refractivity contribution in [3.05, 3.63) is 102 Å². The molecule has 126 valence electrons. The van der Waals surface area contributed by atoms with Crippen LogP contribution < -0.4 is 5.30 Å². The average Bonchev–Trinajstić information content (AvgIpc) is 2.67. The van der Waals surface area contributed by atoms with Crippen LogP contribution in [0, 0.1) is 0 Å². The fourth-order valence-corrected chi connectivity index (χ4v) is 4.71. The Balaban J connectivity index is 2.03. The van der Waals surface area contributed by atoms with E-state index in [1.165, 1.54) is 0 Å². The van der Waals surface area contributed by atoms with E-state index in [9.17, 15) is 14.3 Å². The monoisotopic (exact) mass is 350 g/mol. The molecule has 0 bridgehead atoms. The SMILES string of the molecule is O=C(c1ccccc1)[C@@H](Cc1ccccc1)P(=O)(O)c1ccccc1. The quantitative estimate of drug-likeness (QED) is 0.538. The van der Waals surface area contributed by atoms with Gasteiger partial charge >= 0.3 is 0 Å². The molecule has 1 unspecified atom stereocenters. The predicted octanol–water partition coefficient (Wildman–Crippen LogP) is 4.08. The van der Waals surface area contributed by atoms with Crippen LogP contribution in [0.2, 0.25) is 0 Å². The zero-order chi connectivity index (χ0) is 17.7. The summed E-state index contributed by atoms with van der Waals surface area (Å²) in [6, 6.07) is 26.5. The fourth-order valence-electron chi connectivity index (χ4n) is 2.83. The van der Waals surface area contributed by atoms with E-state index in [4.69, 9.17) is 0 Å². The first-order valence-electron chi connectivity index (χ1n) is 8.10. The second kappa shape index (κ2) is 7.60. The number of benzene rings is 3. The minimum atomic E-state index is -3.89. The summed E-state index contributed by atoms with van der Waals surface area (Å²) in [5.41, 5.74) is 0.301. The van der Waals surface area contributed by atoms with Gasteiger partial charge in [-0.3, -0.25) is 9.36 Å². The van der Waals surface area contributed by atoms with E-state index in [0.717, 1.165) is 5.56 Å². The number of carbonyl (C=O) groups is 1. The smallest absolute Gasteiger partial charge is 0.240 e. The van der Waals surface area contributed by atoms with E-state index in [0.29, 0.717) is 10.9 Å². The van der Waals surface area contributed by atoms with Gasteiger partial charge in [0.25, 0.3) is 0 Å². The second-order valence-electron chi connectivity index (χ2n) is 5.89. The molecule has 0 spiro atoms. The van der Waals surface area contributed by atoms with Crippen LogP contribution >= 0.6 is 7.37 Å². The lowest BCUT2D eigenvalue weighted by Crippen LogP contribution is -2.28. The summed E-state index contributed by atoms with van der Waals surface area (Å²) in [4.78, 5) is 23.9. The maximum atomic E-state index is 13.3. The third kappa shape index (κ3) is 3.96. The van der Waals surface area contributed by atoms with Crippen molar-refractivity contribution in [2.45, 2.75) is 12.1 Å². The van der Waals surface area contributed by atoms with Crippen molar-refractivity contribution in [1.82, 2.24) is 0 Å². The zero-order valence-corrected chi connectivity index (χ0v) is 14.6. The molecule has 0 saturated heterocycles. The highest BCUT2D eigenvalue weighted by Gasteiger charge is 2.38. The molecule has 4 heteroatoms. The normalized spacial score (nSPS) is 14.4.